The number of cyclic esters (lactones) is 1. The van der Waals surface area contributed by atoms with Crippen molar-refractivity contribution in [2.24, 2.45) is 16.7 Å². The van der Waals surface area contributed by atoms with Crippen LogP contribution < -0.4 is 0 Å². The molecule has 3 aliphatic carbocycles. The molecule has 204 valence electrons. The van der Waals surface area contributed by atoms with Gasteiger partial charge in [0.15, 0.2) is 5.76 Å². The van der Waals surface area contributed by atoms with E-state index in [9.17, 15) is 24.6 Å². The highest BCUT2D eigenvalue weighted by atomic mass is 16.6. The number of ether oxygens (including phenoxy) is 3. The lowest BCUT2D eigenvalue weighted by atomic mass is 9.53. The molecule has 4 aliphatic rings. The van der Waals surface area contributed by atoms with Gasteiger partial charge in [-0.2, -0.15) is 0 Å². The lowest BCUT2D eigenvalue weighted by molar-refractivity contribution is -0.161. The molecule has 0 aromatic heterocycles. The van der Waals surface area contributed by atoms with Crippen LogP contribution in [0.15, 0.2) is 34.3 Å². The number of aliphatic hydroxyl groups is 2. The number of Topliss-reactive ketones (excluding diaryl/α,β-unsaturated/α-hetero) is 1. The standard InChI is InChI=1S/C28H39NO8/c1-7-8-11-29(5)13-16-22-25(33)24(32)21-17-9-10-19(31)27(17,3)12-18(36-15(2)30)23(21)28(22,4)20(14-35-6)37-26(16)34/h13,17-20,31,33H,7-12,14H2,1-6H3/b16-13+/t17?,18-,19+,20-,27+,28+/m1/s1. The highest BCUT2D eigenvalue weighted by Gasteiger charge is 2.64. The second-order valence-electron chi connectivity index (χ2n) is 11.3. The van der Waals surface area contributed by atoms with Gasteiger partial charge in [0.2, 0.25) is 5.78 Å². The highest BCUT2D eigenvalue weighted by molar-refractivity contribution is 6.13. The van der Waals surface area contributed by atoms with Crippen molar-refractivity contribution in [1.82, 2.24) is 4.90 Å². The van der Waals surface area contributed by atoms with Crippen molar-refractivity contribution in [3.05, 3.63) is 34.3 Å². The van der Waals surface area contributed by atoms with Gasteiger partial charge in [-0.25, -0.2) is 4.79 Å². The minimum Gasteiger partial charge on any atom is -0.504 e. The van der Waals surface area contributed by atoms with Gasteiger partial charge in [0.05, 0.1) is 23.7 Å². The van der Waals surface area contributed by atoms with E-state index in [1.807, 2.05) is 25.8 Å². The number of nitrogens with zero attached hydrogens (tertiary/aromatic N) is 1. The fourth-order valence-electron chi connectivity index (χ4n) is 6.96. The number of methoxy groups -OCH3 is 1. The average Bonchev–Trinajstić information content (AvgIpc) is 3.12. The first kappa shape index (κ1) is 27.4. The molecule has 37 heavy (non-hydrogen) atoms. The van der Waals surface area contributed by atoms with E-state index in [0.717, 1.165) is 12.8 Å². The molecule has 1 saturated heterocycles. The Hall–Kier alpha value is -2.65. The Labute approximate surface area is 218 Å². The fourth-order valence-corrected chi connectivity index (χ4v) is 6.96. The predicted octanol–water partition coefficient (Wildman–Crippen LogP) is 2.98. The van der Waals surface area contributed by atoms with E-state index in [4.69, 9.17) is 14.2 Å². The third kappa shape index (κ3) is 4.20. The molecule has 1 saturated carbocycles. The zero-order valence-corrected chi connectivity index (χ0v) is 22.6. The highest BCUT2D eigenvalue weighted by Crippen LogP contribution is 2.63. The second kappa shape index (κ2) is 9.91. The average molecular weight is 518 g/mol. The summed E-state index contributed by atoms with van der Waals surface area (Å²) in [5.41, 5.74) is -0.718. The number of unbranched alkanes of at least 4 members (excludes halogenated alkanes) is 1. The lowest BCUT2D eigenvalue weighted by Crippen LogP contribution is -2.57. The van der Waals surface area contributed by atoms with E-state index in [1.165, 1.54) is 14.0 Å². The monoisotopic (exact) mass is 517 g/mol. The third-order valence-corrected chi connectivity index (χ3v) is 8.87. The quantitative estimate of drug-likeness (QED) is 0.388. The molecule has 2 N–H and O–H groups in total. The molecule has 4 rings (SSSR count). The number of ketones is 1. The summed E-state index contributed by atoms with van der Waals surface area (Å²) in [6, 6.07) is 0. The molecule has 9 nitrogen and oxygen atoms in total. The topological polar surface area (TPSA) is 123 Å². The van der Waals surface area contributed by atoms with E-state index in [1.54, 1.807) is 6.20 Å². The minimum atomic E-state index is -1.19. The fraction of sp³-hybridized carbons (Fsp3) is 0.679. The maximum absolute atomic E-state index is 13.9. The lowest BCUT2D eigenvalue weighted by Gasteiger charge is -2.54. The Kier molecular flexibility index (Phi) is 7.33. The molecule has 2 fully saturated rings. The number of hydrogen-bond donors (Lipinski definition) is 2. The van der Waals surface area contributed by atoms with Gasteiger partial charge in [-0.3, -0.25) is 9.59 Å². The van der Waals surface area contributed by atoms with Crippen LogP contribution in [-0.2, 0) is 28.6 Å². The molecule has 0 aromatic rings. The molecular formula is C28H39NO8. The Morgan fingerprint density at radius 2 is 1.97 bits per heavy atom. The van der Waals surface area contributed by atoms with Gasteiger partial charge in [-0.15, -0.1) is 0 Å². The Morgan fingerprint density at radius 1 is 1.27 bits per heavy atom. The molecular weight excluding hydrogens is 478 g/mol. The molecule has 1 aliphatic heterocycles. The van der Waals surface area contributed by atoms with Crippen LogP contribution in [0.25, 0.3) is 0 Å². The maximum atomic E-state index is 13.9. The van der Waals surface area contributed by atoms with Gasteiger partial charge >= 0.3 is 11.9 Å². The van der Waals surface area contributed by atoms with Crippen LogP contribution in [0.2, 0.25) is 0 Å². The molecule has 0 aromatic carbocycles. The zero-order chi connectivity index (χ0) is 27.3. The number of rotatable bonds is 7. The van der Waals surface area contributed by atoms with E-state index < -0.39 is 52.6 Å². The number of carbonyl (C=O) groups is 3. The molecule has 0 amide bonds. The van der Waals surface area contributed by atoms with Gasteiger partial charge in [-0.1, -0.05) is 20.3 Å². The van der Waals surface area contributed by atoms with Crippen LogP contribution in [0.5, 0.6) is 0 Å². The zero-order valence-electron chi connectivity index (χ0n) is 22.6. The molecule has 6 atom stereocenters. The largest absolute Gasteiger partial charge is 0.504 e. The van der Waals surface area contributed by atoms with Crippen LogP contribution >= 0.6 is 0 Å². The molecule has 1 heterocycles. The van der Waals surface area contributed by atoms with Gasteiger partial charge in [0, 0.05) is 50.4 Å². The van der Waals surface area contributed by atoms with Crippen molar-refractivity contribution in [3.8, 4) is 0 Å². The number of esters is 2. The summed E-state index contributed by atoms with van der Waals surface area (Å²) >= 11 is 0. The van der Waals surface area contributed by atoms with E-state index in [0.29, 0.717) is 37.0 Å². The van der Waals surface area contributed by atoms with Crippen LogP contribution in [-0.4, -0.2) is 78.5 Å². The Bertz CT molecular complexity index is 1090. The maximum Gasteiger partial charge on any atom is 0.340 e. The number of carbonyl (C=O) groups excluding carboxylic acids is 3. The van der Waals surface area contributed by atoms with Gasteiger partial charge in [0.25, 0.3) is 0 Å². The molecule has 9 heteroatoms. The first-order valence-corrected chi connectivity index (χ1v) is 13.1. The van der Waals surface area contributed by atoms with Crippen molar-refractivity contribution in [2.45, 2.75) is 78.1 Å². The van der Waals surface area contributed by atoms with Gasteiger partial charge in [-0.05, 0) is 44.1 Å². The summed E-state index contributed by atoms with van der Waals surface area (Å²) in [6.45, 7) is 7.79. The summed E-state index contributed by atoms with van der Waals surface area (Å²) in [5, 5.41) is 22.4. The Balaban J connectivity index is 1.98. The van der Waals surface area contributed by atoms with Crippen LogP contribution in [0.3, 0.4) is 0 Å². The van der Waals surface area contributed by atoms with E-state index in [2.05, 4.69) is 6.92 Å². The smallest absolute Gasteiger partial charge is 0.340 e. The summed E-state index contributed by atoms with van der Waals surface area (Å²) in [7, 11) is 3.32. The summed E-state index contributed by atoms with van der Waals surface area (Å²) in [6.07, 6.45) is 2.47. The third-order valence-electron chi connectivity index (χ3n) is 8.87. The second-order valence-corrected chi connectivity index (χ2v) is 11.3. The van der Waals surface area contributed by atoms with Crippen LogP contribution in [0.4, 0.5) is 0 Å². The van der Waals surface area contributed by atoms with Crippen LogP contribution in [0.1, 0.15) is 59.8 Å². The van der Waals surface area contributed by atoms with Crippen molar-refractivity contribution in [2.75, 3.05) is 27.3 Å². The summed E-state index contributed by atoms with van der Waals surface area (Å²) in [4.78, 5) is 41.3. The Morgan fingerprint density at radius 3 is 2.59 bits per heavy atom. The summed E-state index contributed by atoms with van der Waals surface area (Å²) < 4.78 is 17.2. The first-order valence-electron chi connectivity index (χ1n) is 13.1. The molecule has 1 unspecified atom stereocenters. The van der Waals surface area contributed by atoms with Gasteiger partial charge < -0.3 is 29.3 Å². The molecule has 0 spiro atoms. The number of hydrogen-bond acceptors (Lipinski definition) is 9. The molecule has 0 bridgehead atoms. The van der Waals surface area contributed by atoms with E-state index >= 15 is 0 Å². The van der Waals surface area contributed by atoms with E-state index in [-0.39, 0.29) is 23.7 Å². The number of allylic oxidation sites excluding steroid dienone is 1. The van der Waals surface area contributed by atoms with Crippen molar-refractivity contribution >= 4 is 17.7 Å². The predicted molar refractivity (Wildman–Crippen MR) is 134 cm³/mol. The van der Waals surface area contributed by atoms with Crippen molar-refractivity contribution in [1.29, 1.82) is 0 Å². The van der Waals surface area contributed by atoms with Gasteiger partial charge in [0.1, 0.15) is 12.2 Å². The summed E-state index contributed by atoms with van der Waals surface area (Å²) in [5.74, 6) is -2.59. The SMILES string of the molecule is CCCCN(C)/C=C1/C(=O)O[C@H](COC)[C@@]2(C)C1=C(O)C(=O)C1=C2[C@H](OC(C)=O)C[C@@]2(C)C1CC[C@@H]2O. The minimum absolute atomic E-state index is 0.0142. The van der Waals surface area contributed by atoms with Crippen LogP contribution in [0, 0.1) is 16.7 Å². The van der Waals surface area contributed by atoms with Crippen molar-refractivity contribution < 1.29 is 38.8 Å². The number of fused-ring (bicyclic) bond motifs is 4. The first-order chi connectivity index (χ1) is 17.4. The molecule has 0 radical (unpaired) electrons. The van der Waals surface area contributed by atoms with Crippen molar-refractivity contribution in [3.63, 3.8) is 0 Å². The number of aliphatic hydroxyl groups excluding tert-OH is 2. The normalized spacial score (nSPS) is 36.2.